The molecule has 0 spiro atoms. The van der Waals surface area contributed by atoms with E-state index in [-0.39, 0.29) is 30.3 Å². The average Bonchev–Trinajstić information content (AvgIpc) is 2.82. The molecule has 0 aliphatic heterocycles. The molecule has 0 radical (unpaired) electrons. The van der Waals surface area contributed by atoms with Crippen LogP contribution in [0.4, 0.5) is 26.3 Å². The van der Waals surface area contributed by atoms with Crippen molar-refractivity contribution >= 4 is 0 Å². The van der Waals surface area contributed by atoms with E-state index in [0.717, 1.165) is 38.5 Å². The molecule has 0 unspecified atom stereocenters. The average molecular weight is 497 g/mol. The highest BCUT2D eigenvalue weighted by atomic mass is 19.3. The standard InChI is InChI=1S/C28H30F6O/c1-3-5-7-17-8-12-20(13-9-17)35-16-19-11-15-22-21-14-10-18(6-4-2)25(29)23(21)27(31,32)28(33,34)24(22)26(19)30/h3,10-11,14-15,17,20H,1,4-9,12-13,16H2,2H3. The van der Waals surface area contributed by atoms with E-state index < -0.39 is 45.7 Å². The van der Waals surface area contributed by atoms with Crippen LogP contribution in [-0.2, 0) is 29.6 Å². The highest BCUT2D eigenvalue weighted by Crippen LogP contribution is 2.59. The summed E-state index contributed by atoms with van der Waals surface area (Å²) in [6.07, 6.45) is 7.80. The Hall–Kier alpha value is -2.28. The van der Waals surface area contributed by atoms with Crippen molar-refractivity contribution in [1.29, 1.82) is 0 Å². The third-order valence-corrected chi connectivity index (χ3v) is 7.32. The molecule has 2 aromatic rings. The number of aryl methyl sites for hydroxylation is 1. The lowest BCUT2D eigenvalue weighted by Gasteiger charge is -2.36. The van der Waals surface area contributed by atoms with Crippen molar-refractivity contribution in [2.24, 2.45) is 5.92 Å². The zero-order valence-corrected chi connectivity index (χ0v) is 19.8. The van der Waals surface area contributed by atoms with Gasteiger partial charge in [0.15, 0.2) is 0 Å². The lowest BCUT2D eigenvalue weighted by Crippen LogP contribution is -2.41. The van der Waals surface area contributed by atoms with Gasteiger partial charge in [-0.25, -0.2) is 8.78 Å². The van der Waals surface area contributed by atoms with Gasteiger partial charge < -0.3 is 4.74 Å². The van der Waals surface area contributed by atoms with E-state index in [1.807, 2.05) is 6.08 Å². The van der Waals surface area contributed by atoms with E-state index in [1.165, 1.54) is 24.3 Å². The third-order valence-electron chi connectivity index (χ3n) is 7.32. The van der Waals surface area contributed by atoms with Crippen molar-refractivity contribution in [3.63, 3.8) is 0 Å². The van der Waals surface area contributed by atoms with E-state index in [9.17, 15) is 4.39 Å². The fourth-order valence-electron chi connectivity index (χ4n) is 5.34. The van der Waals surface area contributed by atoms with Crippen LogP contribution in [0.1, 0.15) is 74.1 Å². The summed E-state index contributed by atoms with van der Waals surface area (Å²) in [6.45, 7) is 5.17. The number of rotatable bonds is 8. The molecular formula is C28H30F6O. The molecule has 1 saturated carbocycles. The molecule has 0 heterocycles. The summed E-state index contributed by atoms with van der Waals surface area (Å²) in [4.78, 5) is 0. The van der Waals surface area contributed by atoms with E-state index >= 15 is 22.0 Å². The molecule has 190 valence electrons. The number of alkyl halides is 4. The second-order valence-corrected chi connectivity index (χ2v) is 9.64. The van der Waals surface area contributed by atoms with Gasteiger partial charge in [0, 0.05) is 5.56 Å². The predicted molar refractivity (Wildman–Crippen MR) is 124 cm³/mol. The van der Waals surface area contributed by atoms with Crippen molar-refractivity contribution in [2.75, 3.05) is 0 Å². The fraction of sp³-hybridized carbons (Fsp3) is 0.500. The summed E-state index contributed by atoms with van der Waals surface area (Å²) in [7, 11) is 0. The first-order chi connectivity index (χ1) is 16.6. The van der Waals surface area contributed by atoms with Crippen LogP contribution in [0.25, 0.3) is 11.1 Å². The van der Waals surface area contributed by atoms with Crippen LogP contribution in [-0.4, -0.2) is 6.10 Å². The van der Waals surface area contributed by atoms with Crippen molar-refractivity contribution in [2.45, 2.75) is 82.8 Å². The van der Waals surface area contributed by atoms with Crippen LogP contribution in [0.5, 0.6) is 0 Å². The third kappa shape index (κ3) is 4.52. The van der Waals surface area contributed by atoms with Crippen LogP contribution in [0.3, 0.4) is 0 Å². The van der Waals surface area contributed by atoms with Gasteiger partial charge in [-0.1, -0.05) is 43.7 Å². The molecule has 0 N–H and O–H groups in total. The summed E-state index contributed by atoms with van der Waals surface area (Å²) < 4.78 is 96.4. The zero-order valence-electron chi connectivity index (χ0n) is 19.8. The first-order valence-corrected chi connectivity index (χ1v) is 12.3. The van der Waals surface area contributed by atoms with Crippen LogP contribution >= 0.6 is 0 Å². The Morgan fingerprint density at radius 1 is 0.886 bits per heavy atom. The van der Waals surface area contributed by atoms with Gasteiger partial charge in [-0.15, -0.1) is 6.58 Å². The Labute approximate surface area is 202 Å². The molecular weight excluding hydrogens is 466 g/mol. The van der Waals surface area contributed by atoms with E-state index in [0.29, 0.717) is 12.3 Å². The number of benzene rings is 2. The minimum Gasteiger partial charge on any atom is -0.373 e. The number of ether oxygens (including phenoxy) is 1. The number of fused-ring (bicyclic) bond motifs is 3. The van der Waals surface area contributed by atoms with Gasteiger partial charge in [-0.05, 0) is 67.6 Å². The molecule has 7 heteroatoms. The van der Waals surface area contributed by atoms with Crippen LogP contribution in [0.15, 0.2) is 36.9 Å². The summed E-state index contributed by atoms with van der Waals surface area (Å²) >= 11 is 0. The predicted octanol–water partition coefficient (Wildman–Crippen LogP) is 8.82. The summed E-state index contributed by atoms with van der Waals surface area (Å²) in [6, 6.07) is 4.93. The molecule has 35 heavy (non-hydrogen) atoms. The normalized spacial score (nSPS) is 22.4. The lowest BCUT2D eigenvalue weighted by atomic mass is 9.78. The quantitative estimate of drug-likeness (QED) is 0.262. The molecule has 1 fully saturated rings. The summed E-state index contributed by atoms with van der Waals surface area (Å²) in [5, 5.41) is 0. The minimum absolute atomic E-state index is 0.0603. The van der Waals surface area contributed by atoms with Gasteiger partial charge in [0.2, 0.25) is 0 Å². The molecule has 0 bridgehead atoms. The highest BCUT2D eigenvalue weighted by molar-refractivity contribution is 5.77. The molecule has 0 saturated heterocycles. The first-order valence-electron chi connectivity index (χ1n) is 12.3. The zero-order chi connectivity index (χ0) is 25.4. The van der Waals surface area contributed by atoms with Gasteiger partial charge in [0.05, 0.1) is 23.8 Å². The molecule has 0 amide bonds. The Morgan fingerprint density at radius 2 is 1.43 bits per heavy atom. The van der Waals surface area contributed by atoms with E-state index in [1.54, 1.807) is 6.92 Å². The topological polar surface area (TPSA) is 9.23 Å². The fourth-order valence-corrected chi connectivity index (χ4v) is 5.34. The van der Waals surface area contributed by atoms with Gasteiger partial charge in [-0.2, -0.15) is 17.6 Å². The second-order valence-electron chi connectivity index (χ2n) is 9.64. The molecule has 2 aliphatic carbocycles. The molecule has 4 rings (SSSR count). The minimum atomic E-state index is -4.91. The molecule has 1 nitrogen and oxygen atoms in total. The summed E-state index contributed by atoms with van der Waals surface area (Å²) in [5.41, 5.74) is -3.85. The Morgan fingerprint density at radius 3 is 1.97 bits per heavy atom. The highest BCUT2D eigenvalue weighted by Gasteiger charge is 2.65. The van der Waals surface area contributed by atoms with Crippen molar-refractivity contribution < 1.29 is 31.1 Å². The maximum absolute atomic E-state index is 15.3. The summed E-state index contributed by atoms with van der Waals surface area (Å²) in [5.74, 6) is -12.0. The van der Waals surface area contributed by atoms with E-state index in [2.05, 4.69) is 6.58 Å². The second kappa shape index (κ2) is 10.00. The first kappa shape index (κ1) is 25.8. The molecule has 0 aromatic heterocycles. The Bertz CT molecular complexity index is 1090. The molecule has 2 aromatic carbocycles. The van der Waals surface area contributed by atoms with Gasteiger partial charge in [0.25, 0.3) is 0 Å². The van der Waals surface area contributed by atoms with Crippen LogP contribution < -0.4 is 0 Å². The largest absolute Gasteiger partial charge is 0.373 e. The monoisotopic (exact) mass is 496 g/mol. The number of halogens is 6. The van der Waals surface area contributed by atoms with Crippen LogP contribution in [0, 0.1) is 17.6 Å². The van der Waals surface area contributed by atoms with Gasteiger partial charge in [-0.3, -0.25) is 0 Å². The van der Waals surface area contributed by atoms with Crippen LogP contribution in [0.2, 0.25) is 0 Å². The Balaban J connectivity index is 1.62. The van der Waals surface area contributed by atoms with Crippen molar-refractivity contribution in [1.82, 2.24) is 0 Å². The van der Waals surface area contributed by atoms with Gasteiger partial charge in [0.1, 0.15) is 11.6 Å². The SMILES string of the molecule is C=CCCC1CCC(OCc2ccc3c(c2F)C(F)(F)C(F)(F)c2c-3ccc(CCC)c2F)CC1. The van der Waals surface area contributed by atoms with Crippen molar-refractivity contribution in [3.8, 4) is 11.1 Å². The lowest BCUT2D eigenvalue weighted by molar-refractivity contribution is -0.228. The Kier molecular flexibility index (Phi) is 7.37. The number of hydrogen-bond acceptors (Lipinski definition) is 1. The number of hydrogen-bond donors (Lipinski definition) is 0. The van der Waals surface area contributed by atoms with E-state index in [4.69, 9.17) is 4.74 Å². The number of allylic oxidation sites excluding steroid dienone is 1. The smallest absolute Gasteiger partial charge is 0.343 e. The maximum Gasteiger partial charge on any atom is 0.343 e. The molecule has 2 aliphatic rings. The molecule has 0 atom stereocenters. The van der Waals surface area contributed by atoms with Crippen molar-refractivity contribution in [3.05, 3.63) is 70.8 Å². The van der Waals surface area contributed by atoms with Gasteiger partial charge >= 0.3 is 11.8 Å². The maximum atomic E-state index is 15.3.